The summed E-state index contributed by atoms with van der Waals surface area (Å²) < 4.78 is 0. The minimum atomic E-state index is -0.657. The fourth-order valence-electron chi connectivity index (χ4n) is 3.02. The van der Waals surface area contributed by atoms with Crippen LogP contribution in [-0.4, -0.2) is 36.0 Å². The van der Waals surface area contributed by atoms with Crippen molar-refractivity contribution in [1.82, 2.24) is 16.1 Å². The van der Waals surface area contributed by atoms with E-state index >= 15 is 0 Å². The first-order valence-electron chi connectivity index (χ1n) is 9.17. The van der Waals surface area contributed by atoms with Gasteiger partial charge in [-0.2, -0.15) is 0 Å². The molecule has 7 nitrogen and oxygen atoms in total. The monoisotopic (exact) mass is 365 g/mol. The molecule has 1 aliphatic rings. The molecule has 2 unspecified atom stereocenters. The molecule has 1 aliphatic carbocycles. The zero-order chi connectivity index (χ0) is 19.5. The van der Waals surface area contributed by atoms with Gasteiger partial charge in [0.15, 0.2) is 0 Å². The number of hydrogen-bond acceptors (Lipinski definition) is 4. The lowest BCUT2D eigenvalue weighted by Crippen LogP contribution is -2.48. The highest BCUT2D eigenvalue weighted by molar-refractivity contribution is 5.90. The largest absolute Gasteiger partial charge is 0.357 e. The third-order valence-corrected chi connectivity index (χ3v) is 4.36. The normalized spacial score (nSPS) is 15.8. The van der Waals surface area contributed by atoms with Crippen molar-refractivity contribution in [3.8, 4) is 0 Å². The molecule has 0 saturated carbocycles. The van der Waals surface area contributed by atoms with E-state index in [0.717, 1.165) is 18.4 Å². The average Bonchev–Trinajstić information content (AvgIpc) is 2.63. The quantitative estimate of drug-likeness (QED) is 0.350. The smallest absolute Gasteiger partial charge is 0.244 e. The van der Waals surface area contributed by atoms with Gasteiger partial charge in [-0.25, -0.2) is 5.48 Å². The highest BCUT2D eigenvalue weighted by atomic mass is 16.5. The second kappa shape index (κ2) is 11.5. The van der Waals surface area contributed by atoms with Crippen LogP contribution in [0.1, 0.15) is 52.4 Å². The third-order valence-electron chi connectivity index (χ3n) is 4.36. The minimum Gasteiger partial charge on any atom is -0.357 e. The standard InChI is InChI=1S/C19H31N3O4/c1-13(2)11-15(12-17(23)22-26)18(24)21-16(19(25)20-3)10-9-14-7-5-4-6-8-14/h5,7-8,13,15-16,26H,4,6,9-12H2,1-3H3,(H,20,25)(H,21,24)(H,22,23). The summed E-state index contributed by atoms with van der Waals surface area (Å²) in [5.41, 5.74) is 2.73. The van der Waals surface area contributed by atoms with Gasteiger partial charge in [0.05, 0.1) is 0 Å². The van der Waals surface area contributed by atoms with Crippen molar-refractivity contribution in [2.75, 3.05) is 7.05 Å². The molecule has 3 amide bonds. The molecule has 0 fully saturated rings. The molecule has 0 saturated heterocycles. The number of likely N-dealkylation sites (N-methyl/N-ethyl adjacent to an activating group) is 1. The van der Waals surface area contributed by atoms with Crippen LogP contribution in [0.2, 0.25) is 0 Å². The van der Waals surface area contributed by atoms with Crippen LogP contribution < -0.4 is 16.1 Å². The third kappa shape index (κ3) is 7.82. The number of hydrogen-bond donors (Lipinski definition) is 4. The summed E-state index contributed by atoms with van der Waals surface area (Å²) in [6, 6.07) is -0.657. The van der Waals surface area contributed by atoms with E-state index in [1.165, 1.54) is 7.05 Å². The Hall–Kier alpha value is -2.15. The molecule has 26 heavy (non-hydrogen) atoms. The van der Waals surface area contributed by atoms with Gasteiger partial charge in [-0.3, -0.25) is 19.6 Å². The van der Waals surface area contributed by atoms with Gasteiger partial charge in [0, 0.05) is 19.4 Å². The second-order valence-corrected chi connectivity index (χ2v) is 7.04. The van der Waals surface area contributed by atoms with Crippen LogP contribution in [-0.2, 0) is 14.4 Å². The van der Waals surface area contributed by atoms with E-state index in [1.54, 1.807) is 5.48 Å². The minimum absolute atomic E-state index is 0.116. The Balaban J connectivity index is 2.74. The maximum absolute atomic E-state index is 12.6. The zero-order valence-corrected chi connectivity index (χ0v) is 15.9. The van der Waals surface area contributed by atoms with Crippen molar-refractivity contribution in [3.05, 3.63) is 23.8 Å². The Bertz CT molecular complexity index is 555. The lowest BCUT2D eigenvalue weighted by molar-refractivity contribution is -0.136. The number of hydroxylamine groups is 1. The number of carbonyl (C=O) groups excluding carboxylic acids is 3. The molecular formula is C19H31N3O4. The molecular weight excluding hydrogens is 334 g/mol. The molecule has 0 aromatic carbocycles. The predicted octanol–water partition coefficient (Wildman–Crippen LogP) is 1.83. The molecule has 2 atom stereocenters. The van der Waals surface area contributed by atoms with E-state index < -0.39 is 17.9 Å². The molecule has 0 spiro atoms. The van der Waals surface area contributed by atoms with Gasteiger partial charge in [-0.1, -0.05) is 37.6 Å². The van der Waals surface area contributed by atoms with E-state index in [1.807, 2.05) is 13.8 Å². The number of allylic oxidation sites excluding steroid dienone is 4. The van der Waals surface area contributed by atoms with Gasteiger partial charge in [-0.05, 0) is 38.0 Å². The summed E-state index contributed by atoms with van der Waals surface area (Å²) in [5.74, 6) is -1.60. The molecule has 146 valence electrons. The molecule has 0 aromatic heterocycles. The Morgan fingerprint density at radius 2 is 1.92 bits per heavy atom. The highest BCUT2D eigenvalue weighted by Gasteiger charge is 2.27. The number of amides is 3. The lowest BCUT2D eigenvalue weighted by Gasteiger charge is -2.23. The van der Waals surface area contributed by atoms with Crippen molar-refractivity contribution in [2.45, 2.75) is 58.4 Å². The summed E-state index contributed by atoms with van der Waals surface area (Å²) in [6.45, 7) is 3.91. The first-order chi connectivity index (χ1) is 12.4. The van der Waals surface area contributed by atoms with E-state index in [9.17, 15) is 14.4 Å². The first-order valence-corrected chi connectivity index (χ1v) is 9.17. The molecule has 4 N–H and O–H groups in total. The summed E-state index contributed by atoms with van der Waals surface area (Å²) in [7, 11) is 1.53. The number of nitrogens with one attached hydrogen (secondary N) is 3. The van der Waals surface area contributed by atoms with Gasteiger partial charge >= 0.3 is 0 Å². The van der Waals surface area contributed by atoms with E-state index in [0.29, 0.717) is 19.3 Å². The van der Waals surface area contributed by atoms with Crippen LogP contribution in [0, 0.1) is 11.8 Å². The van der Waals surface area contributed by atoms with E-state index in [-0.39, 0.29) is 24.2 Å². The molecule has 0 heterocycles. The van der Waals surface area contributed by atoms with Gasteiger partial charge in [0.1, 0.15) is 6.04 Å². The topological polar surface area (TPSA) is 108 Å². The summed E-state index contributed by atoms with van der Waals surface area (Å²) >= 11 is 0. The average molecular weight is 365 g/mol. The van der Waals surface area contributed by atoms with Crippen molar-refractivity contribution >= 4 is 17.7 Å². The van der Waals surface area contributed by atoms with Crippen LogP contribution in [0.5, 0.6) is 0 Å². The fourth-order valence-corrected chi connectivity index (χ4v) is 3.02. The molecule has 0 aromatic rings. The Morgan fingerprint density at radius 1 is 1.19 bits per heavy atom. The van der Waals surface area contributed by atoms with Gasteiger partial charge in [0.25, 0.3) is 0 Å². The van der Waals surface area contributed by atoms with Crippen LogP contribution >= 0.6 is 0 Å². The van der Waals surface area contributed by atoms with Crippen molar-refractivity contribution in [1.29, 1.82) is 0 Å². The second-order valence-electron chi connectivity index (χ2n) is 7.04. The fraction of sp³-hybridized carbons (Fsp3) is 0.632. The Labute approximate surface area is 155 Å². The zero-order valence-electron chi connectivity index (χ0n) is 15.9. The van der Waals surface area contributed by atoms with E-state index in [4.69, 9.17) is 5.21 Å². The van der Waals surface area contributed by atoms with Crippen LogP contribution in [0.4, 0.5) is 0 Å². The van der Waals surface area contributed by atoms with Crippen molar-refractivity contribution in [3.63, 3.8) is 0 Å². The van der Waals surface area contributed by atoms with Crippen molar-refractivity contribution < 1.29 is 19.6 Å². The van der Waals surface area contributed by atoms with Gasteiger partial charge in [-0.15, -0.1) is 0 Å². The molecule has 0 radical (unpaired) electrons. The van der Waals surface area contributed by atoms with Gasteiger partial charge in [0.2, 0.25) is 17.7 Å². The Morgan fingerprint density at radius 3 is 2.46 bits per heavy atom. The maximum Gasteiger partial charge on any atom is 0.244 e. The summed E-state index contributed by atoms with van der Waals surface area (Å²) in [6.07, 6.45) is 9.90. The summed E-state index contributed by atoms with van der Waals surface area (Å²) in [4.78, 5) is 36.3. The van der Waals surface area contributed by atoms with Gasteiger partial charge < -0.3 is 10.6 Å². The lowest BCUT2D eigenvalue weighted by atomic mass is 9.92. The summed E-state index contributed by atoms with van der Waals surface area (Å²) in [5, 5.41) is 14.1. The number of carbonyl (C=O) groups is 3. The number of rotatable bonds is 10. The van der Waals surface area contributed by atoms with Crippen LogP contribution in [0.15, 0.2) is 23.8 Å². The SMILES string of the molecule is CNC(=O)C(CCC1=CCCC=C1)NC(=O)C(CC(=O)NO)CC(C)C. The van der Waals surface area contributed by atoms with Crippen molar-refractivity contribution in [2.24, 2.45) is 11.8 Å². The molecule has 0 aliphatic heterocycles. The molecule has 1 rings (SSSR count). The van der Waals surface area contributed by atoms with Crippen LogP contribution in [0.25, 0.3) is 0 Å². The maximum atomic E-state index is 12.6. The Kier molecular flexibility index (Phi) is 9.65. The van der Waals surface area contributed by atoms with E-state index in [2.05, 4.69) is 28.9 Å². The highest BCUT2D eigenvalue weighted by Crippen LogP contribution is 2.18. The predicted molar refractivity (Wildman–Crippen MR) is 99.2 cm³/mol. The first kappa shape index (κ1) is 21.9. The molecule has 0 bridgehead atoms. The molecule has 7 heteroatoms. The van der Waals surface area contributed by atoms with Crippen LogP contribution in [0.3, 0.4) is 0 Å².